The summed E-state index contributed by atoms with van der Waals surface area (Å²) in [5.74, 6) is 1.77. The zero-order valence-corrected chi connectivity index (χ0v) is 16.6. The van der Waals surface area contributed by atoms with Gasteiger partial charge in [-0.05, 0) is 40.1 Å². The monoisotopic (exact) mass is 384 g/mol. The largest absolute Gasteiger partial charge is 0.497 e. The molecular weight excluding hydrogens is 364 g/mol. The quantitative estimate of drug-likeness (QED) is 0.354. The summed E-state index contributed by atoms with van der Waals surface area (Å²) < 4.78 is 11.2. The molecule has 28 heavy (non-hydrogen) atoms. The third kappa shape index (κ3) is 2.66. The van der Waals surface area contributed by atoms with E-state index >= 15 is 0 Å². The predicted molar refractivity (Wildman–Crippen MR) is 115 cm³/mol. The van der Waals surface area contributed by atoms with Gasteiger partial charge in [-0.3, -0.25) is 0 Å². The summed E-state index contributed by atoms with van der Waals surface area (Å²) in [6.07, 6.45) is 0. The Labute approximate surface area is 169 Å². The van der Waals surface area contributed by atoms with E-state index in [0.717, 1.165) is 17.1 Å². The molecule has 0 spiro atoms. The number of hydrogen-bond donors (Lipinski definition) is 0. The standard InChI is InChI=1S/C25H20O2S/c1-26-17-12-13-19(21(15-17)27-2)24-20-9-5-6-10-22(20)28-23-14-11-16-7-3-4-8-18(16)25(23)24/h3-15,24H,1-2H3. The fourth-order valence-electron chi connectivity index (χ4n) is 4.13. The van der Waals surface area contributed by atoms with Crippen molar-refractivity contribution in [2.24, 2.45) is 0 Å². The van der Waals surface area contributed by atoms with E-state index in [0.29, 0.717) is 0 Å². The van der Waals surface area contributed by atoms with Crippen LogP contribution in [0.15, 0.2) is 88.7 Å². The molecule has 4 aromatic rings. The molecule has 4 aromatic carbocycles. The fourth-order valence-corrected chi connectivity index (χ4v) is 5.29. The maximum absolute atomic E-state index is 5.80. The zero-order chi connectivity index (χ0) is 19.1. The number of ether oxygens (including phenoxy) is 2. The van der Waals surface area contributed by atoms with E-state index in [1.165, 1.54) is 31.7 Å². The molecule has 5 rings (SSSR count). The lowest BCUT2D eigenvalue weighted by atomic mass is 9.82. The Bertz CT molecular complexity index is 1180. The Morgan fingerprint density at radius 3 is 2.39 bits per heavy atom. The Kier molecular flexibility index (Phi) is 4.25. The van der Waals surface area contributed by atoms with Gasteiger partial charge in [0.05, 0.1) is 14.2 Å². The van der Waals surface area contributed by atoms with Crippen molar-refractivity contribution in [1.29, 1.82) is 0 Å². The van der Waals surface area contributed by atoms with Crippen LogP contribution in [0.3, 0.4) is 0 Å². The minimum Gasteiger partial charge on any atom is -0.497 e. The second kappa shape index (κ2) is 6.92. The van der Waals surface area contributed by atoms with E-state index in [1.807, 2.05) is 23.9 Å². The molecule has 0 radical (unpaired) electrons. The van der Waals surface area contributed by atoms with Gasteiger partial charge in [0.15, 0.2) is 0 Å². The van der Waals surface area contributed by atoms with Gasteiger partial charge in [0, 0.05) is 27.3 Å². The van der Waals surface area contributed by atoms with Gasteiger partial charge < -0.3 is 9.47 Å². The van der Waals surface area contributed by atoms with Gasteiger partial charge in [-0.15, -0.1) is 0 Å². The van der Waals surface area contributed by atoms with Crippen LogP contribution in [0, 0.1) is 0 Å². The van der Waals surface area contributed by atoms with Crippen molar-refractivity contribution in [3.05, 3.63) is 95.6 Å². The van der Waals surface area contributed by atoms with Crippen LogP contribution in [0.25, 0.3) is 10.8 Å². The molecule has 1 atom stereocenters. The van der Waals surface area contributed by atoms with Crippen LogP contribution in [-0.2, 0) is 0 Å². The van der Waals surface area contributed by atoms with Crippen LogP contribution in [0.5, 0.6) is 11.5 Å². The van der Waals surface area contributed by atoms with Gasteiger partial charge >= 0.3 is 0 Å². The first-order chi connectivity index (χ1) is 13.8. The molecule has 1 unspecified atom stereocenters. The second-order valence-corrected chi connectivity index (χ2v) is 7.96. The molecule has 1 aliphatic rings. The molecule has 2 nitrogen and oxygen atoms in total. The Balaban J connectivity index is 1.84. The van der Waals surface area contributed by atoms with Gasteiger partial charge in [-0.1, -0.05) is 66.4 Å². The predicted octanol–water partition coefficient (Wildman–Crippen LogP) is 6.50. The lowest BCUT2D eigenvalue weighted by molar-refractivity contribution is 0.390. The zero-order valence-electron chi connectivity index (χ0n) is 15.8. The number of fused-ring (bicyclic) bond motifs is 4. The summed E-state index contributed by atoms with van der Waals surface area (Å²) >= 11 is 1.85. The SMILES string of the molecule is COc1ccc(C2c3ccccc3Sc3ccc4ccccc4c32)c(OC)c1. The minimum absolute atomic E-state index is 0.111. The first kappa shape index (κ1) is 17.2. The Morgan fingerprint density at radius 2 is 1.54 bits per heavy atom. The van der Waals surface area contributed by atoms with Crippen molar-refractivity contribution in [1.82, 2.24) is 0 Å². The second-order valence-electron chi connectivity index (χ2n) is 6.88. The van der Waals surface area contributed by atoms with Crippen molar-refractivity contribution >= 4 is 22.5 Å². The van der Waals surface area contributed by atoms with Gasteiger partial charge in [0.1, 0.15) is 11.5 Å². The van der Waals surface area contributed by atoms with Gasteiger partial charge in [0.25, 0.3) is 0 Å². The van der Waals surface area contributed by atoms with E-state index in [2.05, 4.69) is 66.7 Å². The maximum atomic E-state index is 5.80. The third-order valence-electron chi connectivity index (χ3n) is 5.42. The molecule has 0 fully saturated rings. The summed E-state index contributed by atoms with van der Waals surface area (Å²) in [6.45, 7) is 0. The van der Waals surface area contributed by atoms with E-state index < -0.39 is 0 Å². The molecule has 0 aliphatic carbocycles. The highest BCUT2D eigenvalue weighted by Gasteiger charge is 2.31. The molecule has 0 N–H and O–H groups in total. The van der Waals surface area contributed by atoms with E-state index in [9.17, 15) is 0 Å². The van der Waals surface area contributed by atoms with Crippen LogP contribution in [0.2, 0.25) is 0 Å². The number of hydrogen-bond acceptors (Lipinski definition) is 3. The molecular formula is C25H20O2S. The first-order valence-corrected chi connectivity index (χ1v) is 10.1. The van der Waals surface area contributed by atoms with E-state index in [4.69, 9.17) is 9.47 Å². The summed E-state index contributed by atoms with van der Waals surface area (Å²) in [7, 11) is 3.41. The molecule has 3 heteroatoms. The number of rotatable bonds is 3. The molecule has 1 heterocycles. The maximum Gasteiger partial charge on any atom is 0.126 e. The average molecular weight is 385 g/mol. The average Bonchev–Trinajstić information content (AvgIpc) is 2.77. The summed E-state index contributed by atoms with van der Waals surface area (Å²) in [6, 6.07) is 27.9. The van der Waals surface area contributed by atoms with Crippen molar-refractivity contribution in [2.45, 2.75) is 15.7 Å². The van der Waals surface area contributed by atoms with Crippen molar-refractivity contribution in [3.8, 4) is 11.5 Å². The lowest BCUT2D eigenvalue weighted by Crippen LogP contribution is -2.12. The molecule has 138 valence electrons. The van der Waals surface area contributed by atoms with Crippen LogP contribution in [0.4, 0.5) is 0 Å². The highest BCUT2D eigenvalue weighted by Crippen LogP contribution is 2.52. The fraction of sp³-hybridized carbons (Fsp3) is 0.120. The van der Waals surface area contributed by atoms with Crippen molar-refractivity contribution < 1.29 is 9.47 Å². The molecule has 0 aromatic heterocycles. The highest BCUT2D eigenvalue weighted by molar-refractivity contribution is 7.99. The normalized spacial score (nSPS) is 15.0. The third-order valence-corrected chi connectivity index (χ3v) is 6.59. The first-order valence-electron chi connectivity index (χ1n) is 9.30. The van der Waals surface area contributed by atoms with Gasteiger partial charge in [-0.2, -0.15) is 0 Å². The summed E-state index contributed by atoms with van der Waals surface area (Å²) in [5, 5.41) is 2.56. The van der Waals surface area contributed by atoms with Crippen LogP contribution in [-0.4, -0.2) is 14.2 Å². The molecule has 0 bridgehead atoms. The minimum atomic E-state index is 0.111. The highest BCUT2D eigenvalue weighted by atomic mass is 32.2. The van der Waals surface area contributed by atoms with E-state index in [1.54, 1.807) is 14.2 Å². The molecule has 0 amide bonds. The molecule has 1 aliphatic heterocycles. The summed E-state index contributed by atoms with van der Waals surface area (Å²) in [4.78, 5) is 2.61. The smallest absolute Gasteiger partial charge is 0.126 e. The van der Waals surface area contributed by atoms with Gasteiger partial charge in [-0.25, -0.2) is 0 Å². The van der Waals surface area contributed by atoms with Crippen molar-refractivity contribution in [2.75, 3.05) is 14.2 Å². The summed E-state index contributed by atoms with van der Waals surface area (Å²) in [5.41, 5.74) is 3.83. The van der Waals surface area contributed by atoms with Crippen LogP contribution < -0.4 is 9.47 Å². The molecule has 0 saturated carbocycles. The topological polar surface area (TPSA) is 18.5 Å². The Hall–Kier alpha value is -2.91. The lowest BCUT2D eigenvalue weighted by Gasteiger charge is -2.30. The van der Waals surface area contributed by atoms with Crippen LogP contribution >= 0.6 is 11.8 Å². The van der Waals surface area contributed by atoms with Crippen LogP contribution in [0.1, 0.15) is 22.6 Å². The van der Waals surface area contributed by atoms with Gasteiger partial charge in [0.2, 0.25) is 0 Å². The number of methoxy groups -OCH3 is 2. The Morgan fingerprint density at radius 1 is 0.714 bits per heavy atom. The number of benzene rings is 4. The molecule has 0 saturated heterocycles. The van der Waals surface area contributed by atoms with E-state index in [-0.39, 0.29) is 5.92 Å². The van der Waals surface area contributed by atoms with Crippen molar-refractivity contribution in [3.63, 3.8) is 0 Å².